The molecule has 2 heterocycles. The summed E-state index contributed by atoms with van der Waals surface area (Å²) in [6.45, 7) is 0.930. The molecule has 5 nitrogen and oxygen atoms in total. The zero-order chi connectivity index (χ0) is 19.6. The molecule has 3 rings (SSSR count). The summed E-state index contributed by atoms with van der Waals surface area (Å²) in [5.41, 5.74) is 0. The summed E-state index contributed by atoms with van der Waals surface area (Å²) in [6, 6.07) is 8.42. The molecule has 146 valence electrons. The second-order valence-electron chi connectivity index (χ2n) is 6.56. The van der Waals surface area contributed by atoms with Crippen molar-refractivity contribution < 1.29 is 17.6 Å². The normalized spacial score (nSPS) is 18.4. The fourth-order valence-corrected chi connectivity index (χ4v) is 5.84. The van der Waals surface area contributed by atoms with E-state index in [4.69, 9.17) is 11.6 Å². The Labute approximate surface area is 167 Å². The summed E-state index contributed by atoms with van der Waals surface area (Å²) in [4.78, 5) is 15.4. The SMILES string of the molecule is CN(Cc1ccc(Cl)s1)C(=O)C1CCCN(S(=O)(=O)c2ccc(F)cc2)C1. The third-order valence-corrected chi connectivity index (χ3v) is 7.68. The number of halogens is 2. The quantitative estimate of drug-likeness (QED) is 0.728. The maximum atomic E-state index is 13.1. The van der Waals surface area contributed by atoms with Crippen molar-refractivity contribution in [2.45, 2.75) is 24.3 Å². The number of piperidine rings is 1. The Bertz CT molecular complexity index is 915. The molecule has 27 heavy (non-hydrogen) atoms. The molecule has 1 aliphatic heterocycles. The molecule has 1 unspecified atom stereocenters. The Balaban J connectivity index is 1.69. The summed E-state index contributed by atoms with van der Waals surface area (Å²) in [6.07, 6.45) is 1.25. The number of hydrogen-bond acceptors (Lipinski definition) is 4. The molecule has 0 saturated carbocycles. The van der Waals surface area contributed by atoms with E-state index < -0.39 is 21.8 Å². The first-order valence-corrected chi connectivity index (χ1v) is 11.2. The van der Waals surface area contributed by atoms with Crippen molar-refractivity contribution in [3.63, 3.8) is 0 Å². The highest BCUT2D eigenvalue weighted by atomic mass is 35.5. The maximum Gasteiger partial charge on any atom is 0.243 e. The summed E-state index contributed by atoms with van der Waals surface area (Å²) < 4.78 is 40.7. The van der Waals surface area contributed by atoms with Crippen LogP contribution >= 0.6 is 22.9 Å². The molecule has 0 aliphatic carbocycles. The van der Waals surface area contributed by atoms with Crippen molar-refractivity contribution in [2.24, 2.45) is 5.92 Å². The summed E-state index contributed by atoms with van der Waals surface area (Å²) in [5.74, 6) is -0.969. The third kappa shape index (κ3) is 4.68. The minimum absolute atomic E-state index is 0.0404. The highest BCUT2D eigenvalue weighted by Gasteiger charge is 2.34. The molecule has 1 aromatic heterocycles. The molecule has 1 aromatic carbocycles. The zero-order valence-corrected chi connectivity index (χ0v) is 17.2. The summed E-state index contributed by atoms with van der Waals surface area (Å²) >= 11 is 7.35. The Morgan fingerprint density at radius 2 is 2.00 bits per heavy atom. The minimum atomic E-state index is -3.75. The van der Waals surface area contributed by atoms with Gasteiger partial charge in [-0.15, -0.1) is 11.3 Å². The summed E-state index contributed by atoms with van der Waals surface area (Å²) in [5, 5.41) is 0. The zero-order valence-electron chi connectivity index (χ0n) is 14.8. The van der Waals surface area contributed by atoms with Gasteiger partial charge < -0.3 is 4.90 Å². The number of amides is 1. The predicted octanol–water partition coefficient (Wildman–Crippen LogP) is 3.60. The standard InChI is InChI=1S/C18H20ClFN2O3S2/c1-21(12-15-6-9-17(19)26-15)18(23)13-3-2-10-22(11-13)27(24,25)16-7-4-14(20)5-8-16/h4-9,13H,2-3,10-12H2,1H3. The van der Waals surface area contributed by atoms with Crippen LogP contribution in [-0.2, 0) is 21.4 Å². The van der Waals surface area contributed by atoms with E-state index in [1.54, 1.807) is 18.0 Å². The number of benzene rings is 1. The van der Waals surface area contributed by atoms with Gasteiger partial charge in [-0.25, -0.2) is 12.8 Å². The van der Waals surface area contributed by atoms with Crippen molar-refractivity contribution >= 4 is 38.9 Å². The van der Waals surface area contributed by atoms with E-state index in [1.165, 1.54) is 27.8 Å². The highest BCUT2D eigenvalue weighted by Crippen LogP contribution is 2.27. The van der Waals surface area contributed by atoms with Gasteiger partial charge in [-0.2, -0.15) is 4.31 Å². The lowest BCUT2D eigenvalue weighted by molar-refractivity contribution is -0.135. The monoisotopic (exact) mass is 430 g/mol. The van der Waals surface area contributed by atoms with E-state index in [2.05, 4.69) is 0 Å². The lowest BCUT2D eigenvalue weighted by Crippen LogP contribution is -2.45. The molecule has 1 amide bonds. The molecule has 0 spiro atoms. The summed E-state index contributed by atoms with van der Waals surface area (Å²) in [7, 11) is -2.03. The lowest BCUT2D eigenvalue weighted by atomic mass is 9.98. The van der Waals surface area contributed by atoms with Gasteiger partial charge >= 0.3 is 0 Å². The van der Waals surface area contributed by atoms with Crippen LogP contribution in [0.3, 0.4) is 0 Å². The highest BCUT2D eigenvalue weighted by molar-refractivity contribution is 7.89. The number of carbonyl (C=O) groups is 1. The Hall–Kier alpha value is -1.48. The molecule has 0 radical (unpaired) electrons. The van der Waals surface area contributed by atoms with E-state index in [9.17, 15) is 17.6 Å². The Morgan fingerprint density at radius 3 is 2.63 bits per heavy atom. The topological polar surface area (TPSA) is 57.7 Å². The van der Waals surface area contributed by atoms with Crippen LogP contribution < -0.4 is 0 Å². The van der Waals surface area contributed by atoms with E-state index in [1.807, 2.05) is 6.07 Å². The minimum Gasteiger partial charge on any atom is -0.340 e. The van der Waals surface area contributed by atoms with Crippen LogP contribution in [0, 0.1) is 11.7 Å². The van der Waals surface area contributed by atoms with Crippen molar-refractivity contribution in [1.82, 2.24) is 9.21 Å². The van der Waals surface area contributed by atoms with Crippen molar-refractivity contribution in [3.8, 4) is 0 Å². The van der Waals surface area contributed by atoms with E-state index in [-0.39, 0.29) is 17.3 Å². The fourth-order valence-electron chi connectivity index (χ4n) is 3.18. The molecule has 1 aliphatic rings. The smallest absolute Gasteiger partial charge is 0.243 e. The Kier molecular flexibility index (Phi) is 6.20. The largest absolute Gasteiger partial charge is 0.340 e. The van der Waals surface area contributed by atoms with Gasteiger partial charge in [0.25, 0.3) is 0 Å². The maximum absolute atomic E-state index is 13.1. The number of thiophene rings is 1. The van der Waals surface area contributed by atoms with Crippen LogP contribution in [-0.4, -0.2) is 43.7 Å². The van der Waals surface area contributed by atoms with Gasteiger partial charge in [0.05, 0.1) is 21.7 Å². The van der Waals surface area contributed by atoms with Gasteiger partial charge in [-0.05, 0) is 49.2 Å². The molecule has 1 saturated heterocycles. The van der Waals surface area contributed by atoms with E-state index in [0.717, 1.165) is 17.0 Å². The molecule has 1 atom stereocenters. The van der Waals surface area contributed by atoms with Gasteiger partial charge in [-0.3, -0.25) is 4.79 Å². The average molecular weight is 431 g/mol. The first-order valence-electron chi connectivity index (χ1n) is 8.52. The van der Waals surface area contributed by atoms with E-state index >= 15 is 0 Å². The van der Waals surface area contributed by atoms with Crippen LogP contribution in [0.4, 0.5) is 4.39 Å². The Morgan fingerprint density at radius 1 is 1.30 bits per heavy atom. The molecule has 9 heteroatoms. The third-order valence-electron chi connectivity index (χ3n) is 4.58. The predicted molar refractivity (Wildman–Crippen MR) is 104 cm³/mol. The van der Waals surface area contributed by atoms with Crippen LogP contribution in [0.2, 0.25) is 4.34 Å². The second kappa shape index (κ2) is 8.26. The molecule has 2 aromatic rings. The molecule has 0 N–H and O–H groups in total. The van der Waals surface area contributed by atoms with Crippen molar-refractivity contribution in [1.29, 1.82) is 0 Å². The van der Waals surface area contributed by atoms with Gasteiger partial charge in [0.1, 0.15) is 5.82 Å². The number of nitrogens with zero attached hydrogens (tertiary/aromatic N) is 2. The van der Waals surface area contributed by atoms with Crippen molar-refractivity contribution in [3.05, 3.63) is 51.4 Å². The number of carbonyl (C=O) groups excluding carboxylic acids is 1. The van der Waals surface area contributed by atoms with Crippen molar-refractivity contribution in [2.75, 3.05) is 20.1 Å². The van der Waals surface area contributed by atoms with Crippen LogP contribution in [0.15, 0.2) is 41.3 Å². The first kappa shape index (κ1) is 20.3. The molecule has 1 fully saturated rings. The van der Waals surface area contributed by atoms with Crippen LogP contribution in [0.25, 0.3) is 0 Å². The van der Waals surface area contributed by atoms with Crippen LogP contribution in [0.5, 0.6) is 0 Å². The lowest BCUT2D eigenvalue weighted by Gasteiger charge is -2.33. The van der Waals surface area contributed by atoms with Gasteiger partial charge in [0.2, 0.25) is 15.9 Å². The van der Waals surface area contributed by atoms with E-state index in [0.29, 0.717) is 30.3 Å². The molecule has 0 bridgehead atoms. The van der Waals surface area contributed by atoms with Gasteiger partial charge in [0.15, 0.2) is 0 Å². The molecular formula is C18H20ClFN2O3S2. The fraction of sp³-hybridized carbons (Fsp3) is 0.389. The first-order chi connectivity index (χ1) is 12.8. The second-order valence-corrected chi connectivity index (χ2v) is 10.3. The van der Waals surface area contributed by atoms with Gasteiger partial charge in [-0.1, -0.05) is 11.6 Å². The molecular weight excluding hydrogens is 411 g/mol. The number of hydrogen-bond donors (Lipinski definition) is 0. The van der Waals surface area contributed by atoms with Crippen LogP contribution in [0.1, 0.15) is 17.7 Å². The van der Waals surface area contributed by atoms with Gasteiger partial charge in [0, 0.05) is 25.0 Å². The average Bonchev–Trinajstić information content (AvgIpc) is 3.06. The number of rotatable bonds is 5. The number of sulfonamides is 1.